The first-order valence-electron chi connectivity index (χ1n) is 43.8. The molecule has 0 bridgehead atoms. The van der Waals surface area contributed by atoms with Crippen LogP contribution in [0.25, 0.3) is 20.9 Å². The predicted molar refractivity (Wildman–Crippen MR) is 557 cm³/mol. The summed E-state index contributed by atoms with van der Waals surface area (Å²) in [6, 6.07) is 99.8. The largest absolute Gasteiger partial charge is 1.00 e. The van der Waals surface area contributed by atoms with Crippen LogP contribution in [0.1, 0.15) is 72.3 Å². The minimum Gasteiger partial charge on any atom is -0.508 e. The van der Waals surface area contributed by atoms with Crippen molar-refractivity contribution in [2.75, 3.05) is 169 Å². The zero-order valence-electron chi connectivity index (χ0n) is 82.6. The van der Waals surface area contributed by atoms with Gasteiger partial charge in [-0.2, -0.15) is 56.9 Å². The molecule has 40 heteroatoms. The number of azide groups is 2. The van der Waals surface area contributed by atoms with Crippen LogP contribution in [-0.2, 0) is 45.9 Å². The zero-order valence-corrected chi connectivity index (χ0v) is 88.2. The fraction of sp³-hybridized carbons (Fsp3) is 0.200. The summed E-state index contributed by atoms with van der Waals surface area (Å²) in [7, 11) is 17.8. The number of azo groups is 2. The van der Waals surface area contributed by atoms with Crippen molar-refractivity contribution in [3.8, 4) is 35.3 Å². The molecule has 0 unspecified atom stereocenters. The smallest absolute Gasteiger partial charge is 0.508 e. The van der Waals surface area contributed by atoms with Crippen LogP contribution in [0.15, 0.2) is 328 Å². The summed E-state index contributed by atoms with van der Waals surface area (Å²) in [5, 5.41) is 51.0. The number of nitrogens with one attached hydrogen (secondary N) is 3. The Morgan fingerprint density at radius 1 is 0.434 bits per heavy atom. The van der Waals surface area contributed by atoms with E-state index >= 15 is 0 Å². The van der Waals surface area contributed by atoms with E-state index in [2.05, 4.69) is 244 Å². The molecule has 1 aliphatic heterocycles. The fourth-order valence-corrected chi connectivity index (χ4v) is 14.0. The molecule has 14 rings (SSSR count). The summed E-state index contributed by atoms with van der Waals surface area (Å²) in [5.74, 6) is 2.88. The van der Waals surface area contributed by atoms with Gasteiger partial charge in [-0.15, -0.1) is 55.9 Å². The number of aromatic hydroxyl groups is 2. The molecule has 0 spiro atoms. The van der Waals surface area contributed by atoms with Gasteiger partial charge in [0, 0.05) is 163 Å². The summed E-state index contributed by atoms with van der Waals surface area (Å²) >= 11 is 0. The van der Waals surface area contributed by atoms with Crippen molar-refractivity contribution in [3.63, 3.8) is 0 Å². The molecule has 1 heterocycles. The van der Waals surface area contributed by atoms with Gasteiger partial charge in [-0.05, 0) is 207 Å². The minimum absolute atomic E-state index is 0. The number of ether oxygens (including phenoxy) is 3. The Hall–Kier alpha value is -15.7. The molecule has 0 aliphatic carbocycles. The fourth-order valence-electron chi connectivity index (χ4n) is 14.0. The number of carbonyl (C=O) groups excluding carboxylic acids is 4. The quantitative estimate of drug-likeness (QED) is 0.00244. The van der Waals surface area contributed by atoms with Crippen LogP contribution in [0.3, 0.4) is 0 Å². The Morgan fingerprint density at radius 3 is 1.09 bits per heavy atom. The number of terminal acetylenes is 1. The number of nitrogens with zero attached hydrogens (tertiary/aromatic N) is 16. The molecule has 3 amide bonds. The summed E-state index contributed by atoms with van der Waals surface area (Å²) in [5.41, 5.74) is 46.2. The van der Waals surface area contributed by atoms with Crippen LogP contribution in [0, 0.1) is 24.5 Å². The van der Waals surface area contributed by atoms with Crippen molar-refractivity contribution in [3.05, 3.63) is 386 Å². The molecule has 0 saturated heterocycles. The molecule has 1 aliphatic rings. The van der Waals surface area contributed by atoms with Gasteiger partial charge in [-0.25, -0.2) is 4.79 Å². The SMILES string of the molecule is C#CCOc1ccc(C(c2ccc(N(C)C)cc2)c2ccc(N(C)C)cc2)cc1.CN(C)c1ccc(C(c2ccc(OCCN=[N+]=[N-])cc2)c2ccc(N(C)C)cc2)cc1.CN(C)c1ccc(N=Nc2cc[c-]cc2)c(NC(=O)CN)c1.CN(C)c1ccc(N=Nc2cc[c-]cc2)c(NC(=O)CN=[N+]=[N-])c1.NCC(=O)Nc1ccc2c(c1)C(c1ccc(O)cc1)(c1ccc(O)cc1)OC2=O.O=S(=O)=O.O=S(=O)=O.[Na+].[Na+]. The van der Waals surface area contributed by atoms with Crippen LogP contribution in [-0.4, -0.2) is 183 Å². The van der Waals surface area contributed by atoms with Gasteiger partial charge in [-0.3, -0.25) is 14.4 Å². The number of carbonyl (C=O) groups is 4. The molecule has 0 aromatic heterocycles. The standard InChI is InChI=1S/C26H28N2O.C25H29N5O.C22H18N2O5.C16H16N7O.C16H18N5O.2Na.2O3S/c1-6-19-29-25-17-11-22(12-18-25)26(20-7-13-23(14-8-20)27(2)3)21-9-15-24(16-10-21)28(4)5;1-29(2)22-11-5-19(6-12-22)25(20-7-13-23(14-8-20)30(3)4)21-9-15-24(16-10-21)31-18-17-27-28-26;23-12-20(27)24-15-5-10-18-19(11-15)22(29-21(18)28,13-1-6-16(25)7-2-13)14-3-8-17(26)9-4-14;1-23(2)13-8-9-14(21-20-12-6-4-3-5-7-12)15(10-13)19-16(24)11-18-22-17;1-21(2)13-8-9-14(15(10-13)18-16(22)11-17)20-19-12-6-4-3-5-7-12;;;2*1-4(2)3/h1,7-18,26H,19H2,2-5H3;5-16,25H,17-18H2,1-4H3;1-11,25-26H,12,23H2,(H,24,27);4-10H,11H2,1-2H3,(H,19,24);4-10H,11,17H2,1-2H3,(H,18,22);;;;/q;;;2*-1;2*+1;;. The predicted octanol–water partition coefficient (Wildman–Crippen LogP) is 12.2. The topological polar surface area (TPSA) is 493 Å². The van der Waals surface area contributed by atoms with Crippen molar-refractivity contribution < 1.29 is 128 Å². The van der Waals surface area contributed by atoms with Crippen LogP contribution in [0.4, 0.5) is 73.9 Å². The molecule has 145 heavy (non-hydrogen) atoms. The van der Waals surface area contributed by atoms with Gasteiger partial charge >= 0.3 is 86.3 Å². The van der Waals surface area contributed by atoms with Crippen molar-refractivity contribution in [1.29, 1.82) is 0 Å². The molecule has 738 valence electrons. The van der Waals surface area contributed by atoms with E-state index in [0.29, 0.717) is 75.2 Å². The molecule has 36 nitrogen and oxygen atoms in total. The van der Waals surface area contributed by atoms with Gasteiger partial charge in [0.1, 0.15) is 47.5 Å². The maximum Gasteiger partial charge on any atom is 1.00 e. The number of anilines is 9. The second-order valence-corrected chi connectivity index (χ2v) is 32.9. The number of esters is 1. The summed E-state index contributed by atoms with van der Waals surface area (Å²) < 4.78 is 67.8. The Morgan fingerprint density at radius 2 is 0.759 bits per heavy atom. The van der Waals surface area contributed by atoms with Crippen molar-refractivity contribution in [2.24, 2.45) is 42.2 Å². The third-order valence-corrected chi connectivity index (χ3v) is 21.1. The van der Waals surface area contributed by atoms with Crippen molar-refractivity contribution >= 4 is 119 Å². The van der Waals surface area contributed by atoms with Gasteiger partial charge in [0.2, 0.25) is 17.7 Å². The monoisotopic (exact) mass is 2010 g/mol. The number of benzene rings is 13. The molecular weight excluding hydrogens is 1910 g/mol. The average molecular weight is 2020 g/mol. The number of hydrogen-bond acceptors (Lipinski definition) is 29. The third kappa shape index (κ3) is 37.3. The second kappa shape index (κ2) is 60.5. The van der Waals surface area contributed by atoms with Crippen LogP contribution in [0.5, 0.6) is 23.0 Å². The van der Waals surface area contributed by atoms with E-state index in [-0.39, 0.29) is 121 Å². The third-order valence-electron chi connectivity index (χ3n) is 21.1. The first-order valence-corrected chi connectivity index (χ1v) is 45.8. The Bertz CT molecular complexity index is 6660. The van der Waals surface area contributed by atoms with E-state index in [9.17, 15) is 29.4 Å². The first-order chi connectivity index (χ1) is 68.6. The van der Waals surface area contributed by atoms with E-state index in [1.54, 1.807) is 109 Å². The van der Waals surface area contributed by atoms with Crippen molar-refractivity contribution in [2.45, 2.75) is 17.4 Å². The van der Waals surface area contributed by atoms with Crippen LogP contribution in [0.2, 0.25) is 0 Å². The number of cyclic esters (lactones) is 1. The molecule has 9 N–H and O–H groups in total. The number of fused-ring (bicyclic) bond motifs is 1. The van der Waals surface area contributed by atoms with E-state index in [1.807, 2.05) is 109 Å². The zero-order chi connectivity index (χ0) is 104. The number of phenols is 2. The maximum absolute atomic E-state index is 12.7. The van der Waals surface area contributed by atoms with Gasteiger partial charge in [0.25, 0.3) is 0 Å². The van der Waals surface area contributed by atoms with Gasteiger partial charge in [0.05, 0.1) is 43.2 Å². The summed E-state index contributed by atoms with van der Waals surface area (Å²) in [4.78, 5) is 65.4. The van der Waals surface area contributed by atoms with Crippen LogP contribution >= 0.6 is 0 Å². The molecule has 0 atom stereocenters. The van der Waals surface area contributed by atoms with Gasteiger partial charge in [-0.1, -0.05) is 113 Å². The van der Waals surface area contributed by atoms with Crippen molar-refractivity contribution in [1.82, 2.24) is 0 Å². The van der Waals surface area contributed by atoms with Gasteiger partial charge < -0.3 is 81.2 Å². The number of amides is 3. The molecule has 0 fully saturated rings. The molecule has 13 aromatic carbocycles. The van der Waals surface area contributed by atoms with E-state index in [4.69, 9.17) is 68.4 Å². The molecule has 13 aromatic rings. The number of hydrogen-bond donors (Lipinski definition) is 7. The minimum atomic E-state index is -3.11. The first kappa shape index (κ1) is 118. The van der Waals surface area contributed by atoms with Gasteiger partial charge in [0.15, 0.2) is 5.60 Å². The van der Waals surface area contributed by atoms with E-state index < -0.39 is 38.7 Å². The normalized spacial score (nSPS) is 10.8. The summed E-state index contributed by atoms with van der Waals surface area (Å²) in [6.07, 6.45) is 5.29. The maximum atomic E-state index is 12.7. The van der Waals surface area contributed by atoms with Crippen LogP contribution < -0.4 is 125 Å². The number of rotatable bonds is 31. The summed E-state index contributed by atoms with van der Waals surface area (Å²) in [6.45, 7) is 0.418. The number of nitrogens with two attached hydrogens (primary N) is 2. The van der Waals surface area contributed by atoms with E-state index in [1.165, 1.54) is 80.4 Å². The average Bonchev–Trinajstić information content (AvgIpc) is 1.57. The Labute approximate surface area is 889 Å². The van der Waals surface area contributed by atoms with E-state index in [0.717, 1.165) is 22.9 Å². The molecule has 0 radical (unpaired) electrons. The Kier molecular flexibility index (Phi) is 49.3. The number of phenolic OH excluding ortho intramolecular Hbond substituents is 2. The second-order valence-electron chi connectivity index (χ2n) is 32.1. The molecule has 0 saturated carbocycles. The Balaban J connectivity index is 0.000000272. The molecular formula is C105H109N21Na2O15S2.